The summed E-state index contributed by atoms with van der Waals surface area (Å²) in [4.78, 5) is 122. The van der Waals surface area contributed by atoms with Gasteiger partial charge in [0.25, 0.3) is 0 Å². The molecule has 133 heavy (non-hydrogen) atoms. The predicted octanol–water partition coefficient (Wildman–Crippen LogP) is 14.3. The van der Waals surface area contributed by atoms with Crippen LogP contribution in [0.25, 0.3) is 66.1 Å². The number of benzene rings is 6. The van der Waals surface area contributed by atoms with E-state index < -0.39 is 34.9 Å². The second kappa shape index (κ2) is 40.8. The van der Waals surface area contributed by atoms with E-state index in [0.29, 0.717) is 140 Å². The number of hydrogen-bond donors (Lipinski definition) is 0. The summed E-state index contributed by atoms with van der Waals surface area (Å²) < 4.78 is 94.4. The van der Waals surface area contributed by atoms with Gasteiger partial charge in [0.15, 0.2) is 0 Å². The fraction of sp³-hybridized carbons (Fsp3) is 0.474. The van der Waals surface area contributed by atoms with E-state index in [2.05, 4.69) is 84.7 Å². The Labute approximate surface area is 798 Å². The van der Waals surface area contributed by atoms with Crippen molar-refractivity contribution in [3.63, 3.8) is 0 Å². The maximum absolute atomic E-state index is 15.5. The molecule has 9 aliphatic heterocycles. The Kier molecular flexibility index (Phi) is 29.8. The Balaban J connectivity index is 0.000000145. The van der Waals surface area contributed by atoms with Gasteiger partial charge in [0.05, 0.1) is 31.6 Å². The van der Waals surface area contributed by atoms with Crippen molar-refractivity contribution in [3.8, 4) is 33.4 Å². The summed E-state index contributed by atoms with van der Waals surface area (Å²) in [6.07, 6.45) is 3.98. The lowest BCUT2D eigenvalue weighted by atomic mass is 9.96. The maximum Gasteiger partial charge on any atom is 0.350 e. The first-order valence-electron chi connectivity index (χ1n) is 45.8. The molecule has 36 heteroatoms. The van der Waals surface area contributed by atoms with E-state index in [1.807, 2.05) is 76.5 Å². The fourth-order valence-electron chi connectivity index (χ4n) is 20.8. The van der Waals surface area contributed by atoms with Gasteiger partial charge in [0.1, 0.15) is 52.4 Å². The lowest BCUT2D eigenvalue weighted by Gasteiger charge is -2.44. The van der Waals surface area contributed by atoms with Crippen LogP contribution >= 0.6 is 70.1 Å². The van der Waals surface area contributed by atoms with Crippen LogP contribution in [-0.4, -0.2) is 301 Å². The highest BCUT2D eigenvalue weighted by molar-refractivity contribution is 8.00. The van der Waals surface area contributed by atoms with Gasteiger partial charge in [-0.15, -0.1) is 35.3 Å². The number of anilines is 3. The van der Waals surface area contributed by atoms with Crippen LogP contribution in [0, 0.1) is 55.7 Å². The Hall–Kier alpha value is -8.97. The van der Waals surface area contributed by atoms with Gasteiger partial charge >= 0.3 is 17.1 Å². The zero-order valence-corrected chi connectivity index (χ0v) is 81.4. The quantitative estimate of drug-likeness (QED) is 0.0533. The first kappa shape index (κ1) is 97.1. The number of nitrogens with zero attached hydrogens (tertiary/aromatic N) is 18. The zero-order chi connectivity index (χ0) is 94.7. The summed E-state index contributed by atoms with van der Waals surface area (Å²) >= 11 is 23.4. The fourth-order valence-corrected chi connectivity index (χ4v) is 25.7. The summed E-state index contributed by atoms with van der Waals surface area (Å²) in [5.74, 6) is -1.18. The van der Waals surface area contributed by atoms with Crippen molar-refractivity contribution in [2.75, 3.05) is 182 Å². The minimum atomic E-state index is -0.818. The average Bonchev–Trinajstić information content (AvgIpc) is 1.73. The molecule has 9 aliphatic rings. The Morgan fingerprint density at radius 3 is 1.06 bits per heavy atom. The number of rotatable bonds is 15. The summed E-state index contributed by atoms with van der Waals surface area (Å²) in [6.45, 7) is 50.6. The van der Waals surface area contributed by atoms with Gasteiger partial charge in [-0.2, -0.15) is 15.0 Å². The van der Waals surface area contributed by atoms with Gasteiger partial charge in [-0.25, -0.2) is 40.7 Å². The normalized spacial score (nSPS) is 22.0. The number of aryl methyl sites for hydroxylation is 3. The van der Waals surface area contributed by atoms with E-state index in [0.717, 1.165) is 164 Å². The SMILES string of the molecule is C=CC(=O)N1CCN(c2nc(=O)n3c4c(c(-c5cc(Cl)c(F)cc5F)c(C)cc24)SCC(N2CCN(CC)CC2)C3)CC1.C=CC(=O)N1C[C@H](C)N(c2nc(=O)n3c4c(c(-c5cc(Cl)c(F)cc5F)c(C)cc24)SCC(N2CCN(CC)CC2)C3)C[C@H]1C.C=CC(=O)N1[C@H](C)CN(c2nc(=O)n3c4c(c(-c5cc(Cl)c(F)cc5F)c(C)cc24)SCC(N2CCN(CC)CC2)C3)C[C@@H]1C. The number of likely N-dealkylation sites (N-methyl/N-ethyl adjacent to an activating group) is 3. The van der Waals surface area contributed by atoms with Gasteiger partial charge in [-0.1, -0.05) is 75.3 Å². The lowest BCUT2D eigenvalue weighted by Crippen LogP contribution is -2.58. The number of halogens is 9. The number of amides is 3. The van der Waals surface area contributed by atoms with Crippen molar-refractivity contribution in [3.05, 3.63) is 191 Å². The van der Waals surface area contributed by atoms with E-state index in [-0.39, 0.29) is 109 Å². The molecule has 0 saturated carbocycles. The number of hydrogen-bond acceptors (Lipinski definition) is 21. The molecule has 0 spiro atoms. The molecule has 0 N–H and O–H groups in total. The van der Waals surface area contributed by atoms with Crippen LogP contribution in [0.3, 0.4) is 0 Å². The zero-order valence-electron chi connectivity index (χ0n) is 76.7. The van der Waals surface area contributed by atoms with Crippen LogP contribution in [0.4, 0.5) is 43.8 Å². The summed E-state index contributed by atoms with van der Waals surface area (Å²) in [7, 11) is 0. The summed E-state index contributed by atoms with van der Waals surface area (Å²) in [6, 6.07) is 12.1. The average molecular weight is 1940 g/mol. The number of piperazine rings is 6. The third kappa shape index (κ3) is 19.2. The molecule has 3 amide bonds. The number of thioether (sulfide) groups is 3. The van der Waals surface area contributed by atoms with E-state index in [4.69, 9.17) is 44.8 Å². The monoisotopic (exact) mass is 1940 g/mol. The van der Waals surface area contributed by atoms with Crippen molar-refractivity contribution in [1.29, 1.82) is 0 Å². The Bertz CT molecular complexity index is 6270. The number of carbonyl (C=O) groups is 3. The van der Waals surface area contributed by atoms with Crippen molar-refractivity contribution < 1.29 is 40.7 Å². The molecule has 0 bridgehead atoms. The first-order chi connectivity index (χ1) is 63.7. The standard InChI is InChI=1S/2C33H39ClF2N6O2S.C31H35ClF2N6O2S/c1-6-28(43)40-15-21(5)41(16-20(40)4)32-24-12-19(3)29(23-13-25(34)27(36)14-26(23)35)31-30(24)42(33(44)37-32)17-22(18-45-31)39-10-8-38(7-2)9-11-39;1-6-28(43)42-20(4)15-40(16-21(42)5)32-24-12-19(3)29(23-13-25(34)27(36)14-26(23)35)31-30(24)41(33(44)37-32)17-22(18-45-31)39-10-8-38(7-2)9-11-39;1-4-26(41)38-10-12-39(13-11-38)30-22-14-19(3)27(21-15-23(32)25(34)16-24(21)33)29-28(22)40(31(42)35-30)17-20(18-43-29)37-8-6-36(5-2)7-9-37/h2*6,12-14,20-22H,1,7-11,15-18H2,2-5H3;4,14-16,20H,1,5-13,17-18H2,2-3H3/t2*20-,21+,22?;/m1../s1. The Morgan fingerprint density at radius 1 is 0.391 bits per heavy atom. The minimum absolute atomic E-state index is 0.0668. The van der Waals surface area contributed by atoms with Crippen LogP contribution in [0.1, 0.15) is 65.2 Å². The molecule has 7 atom stereocenters. The first-order valence-corrected chi connectivity index (χ1v) is 49.8. The molecule has 6 saturated heterocycles. The number of aromatic nitrogens is 6. The van der Waals surface area contributed by atoms with Crippen LogP contribution in [0.2, 0.25) is 15.1 Å². The van der Waals surface area contributed by atoms with Gasteiger partial charge in [0, 0.05) is 293 Å². The van der Waals surface area contributed by atoms with E-state index in [1.54, 1.807) is 58.8 Å². The van der Waals surface area contributed by atoms with Crippen molar-refractivity contribution in [2.24, 2.45) is 0 Å². The molecular weight excluding hydrogens is 1830 g/mol. The molecule has 9 aromatic rings. The smallest absolute Gasteiger partial charge is 0.350 e. The lowest BCUT2D eigenvalue weighted by molar-refractivity contribution is -0.131. The molecule has 24 nitrogen and oxygen atoms in total. The highest BCUT2D eigenvalue weighted by Crippen LogP contribution is 2.50. The van der Waals surface area contributed by atoms with E-state index in [9.17, 15) is 41.9 Å². The molecule has 3 aromatic heterocycles. The molecule has 6 aromatic carbocycles. The third-order valence-corrected chi connectivity index (χ3v) is 32.6. The second-order valence-electron chi connectivity index (χ2n) is 36.0. The van der Waals surface area contributed by atoms with Crippen LogP contribution in [0.15, 0.2) is 122 Å². The van der Waals surface area contributed by atoms with Crippen LogP contribution in [0.5, 0.6) is 0 Å². The van der Waals surface area contributed by atoms with E-state index >= 15 is 13.2 Å². The Morgan fingerprint density at radius 2 is 0.722 bits per heavy atom. The minimum Gasteiger partial charge on any atom is -0.352 e. The van der Waals surface area contributed by atoms with E-state index in [1.165, 1.54) is 36.4 Å². The second-order valence-corrected chi connectivity index (χ2v) is 40.3. The highest BCUT2D eigenvalue weighted by atomic mass is 35.5. The summed E-state index contributed by atoms with van der Waals surface area (Å²) in [5, 5.41) is 1.92. The molecule has 6 fully saturated rings. The van der Waals surface area contributed by atoms with Crippen LogP contribution < -0.4 is 31.8 Å². The maximum atomic E-state index is 15.5. The van der Waals surface area contributed by atoms with Gasteiger partial charge in [-0.3, -0.25) is 42.8 Å². The van der Waals surface area contributed by atoms with Crippen LogP contribution in [-0.2, 0) is 34.0 Å². The topological polar surface area (TPSA) is 195 Å². The highest BCUT2D eigenvalue weighted by Gasteiger charge is 2.42. The summed E-state index contributed by atoms with van der Waals surface area (Å²) in [5.41, 5.74) is 5.79. The van der Waals surface area contributed by atoms with Gasteiger partial charge in [-0.05, 0) is 139 Å². The molecule has 18 rings (SSSR count). The van der Waals surface area contributed by atoms with Crippen molar-refractivity contribution >= 4 is 138 Å². The molecule has 12 heterocycles. The molecule has 0 aliphatic carbocycles. The number of carbonyl (C=O) groups excluding carboxylic acids is 3. The third-order valence-electron chi connectivity index (χ3n) is 28.0. The van der Waals surface area contributed by atoms with Crippen molar-refractivity contribution in [1.82, 2.24) is 72.8 Å². The van der Waals surface area contributed by atoms with Crippen molar-refractivity contribution in [2.45, 2.75) is 146 Å². The largest absolute Gasteiger partial charge is 0.352 e. The molecule has 3 unspecified atom stereocenters. The van der Waals surface area contributed by atoms with Gasteiger partial charge in [0.2, 0.25) is 17.7 Å². The molecule has 0 radical (unpaired) electrons. The predicted molar refractivity (Wildman–Crippen MR) is 523 cm³/mol. The molecule has 708 valence electrons. The molecular formula is C97H113Cl3F6N18O6S3. The van der Waals surface area contributed by atoms with Gasteiger partial charge < -0.3 is 44.1 Å².